The molecule has 1 aromatic rings. The first-order chi connectivity index (χ1) is 9.61. The number of nitrogens with one attached hydrogen (secondary N) is 1. The first kappa shape index (κ1) is 15.0. The SMILES string of the molecule is CC(CN)C(=O)NC(c1cccc(F)c1)C1CCCC1. The monoisotopic (exact) mass is 278 g/mol. The van der Waals surface area contributed by atoms with Gasteiger partial charge in [0.15, 0.2) is 0 Å². The van der Waals surface area contributed by atoms with Gasteiger partial charge in [-0.05, 0) is 36.5 Å². The largest absolute Gasteiger partial charge is 0.349 e. The summed E-state index contributed by atoms with van der Waals surface area (Å²) in [4.78, 5) is 12.1. The van der Waals surface area contributed by atoms with Gasteiger partial charge >= 0.3 is 0 Å². The summed E-state index contributed by atoms with van der Waals surface area (Å²) >= 11 is 0. The molecular formula is C16H23FN2O. The van der Waals surface area contributed by atoms with Crippen LogP contribution in [0.3, 0.4) is 0 Å². The van der Waals surface area contributed by atoms with Crippen LogP contribution < -0.4 is 11.1 Å². The lowest BCUT2D eigenvalue weighted by Gasteiger charge is -2.26. The van der Waals surface area contributed by atoms with E-state index in [0.29, 0.717) is 12.5 Å². The second kappa shape index (κ2) is 6.84. The highest BCUT2D eigenvalue weighted by molar-refractivity contribution is 5.79. The maximum absolute atomic E-state index is 13.4. The van der Waals surface area contributed by atoms with Crippen molar-refractivity contribution >= 4 is 5.91 Å². The molecular weight excluding hydrogens is 255 g/mol. The predicted octanol–water partition coefficient (Wildman–Crippen LogP) is 2.77. The minimum absolute atomic E-state index is 0.0475. The predicted molar refractivity (Wildman–Crippen MR) is 77.5 cm³/mol. The molecule has 0 heterocycles. The Morgan fingerprint density at radius 1 is 1.45 bits per heavy atom. The van der Waals surface area contributed by atoms with Gasteiger partial charge < -0.3 is 11.1 Å². The number of carbonyl (C=O) groups excluding carboxylic acids is 1. The highest BCUT2D eigenvalue weighted by atomic mass is 19.1. The van der Waals surface area contributed by atoms with Crippen LogP contribution in [0, 0.1) is 17.7 Å². The molecule has 20 heavy (non-hydrogen) atoms. The molecule has 0 aliphatic heterocycles. The number of nitrogens with two attached hydrogens (primary N) is 1. The smallest absolute Gasteiger partial charge is 0.224 e. The second-order valence-corrected chi connectivity index (χ2v) is 5.72. The van der Waals surface area contributed by atoms with Crippen LogP contribution in [0.2, 0.25) is 0 Å². The lowest BCUT2D eigenvalue weighted by Crippen LogP contribution is -2.38. The summed E-state index contributed by atoms with van der Waals surface area (Å²) < 4.78 is 13.4. The maximum atomic E-state index is 13.4. The van der Waals surface area contributed by atoms with Gasteiger partial charge in [-0.25, -0.2) is 4.39 Å². The normalized spacial score (nSPS) is 18.8. The third kappa shape index (κ3) is 3.57. The Balaban J connectivity index is 2.18. The van der Waals surface area contributed by atoms with Crippen LogP contribution >= 0.6 is 0 Å². The minimum atomic E-state index is -0.258. The Kier molecular flexibility index (Phi) is 5.12. The fourth-order valence-electron chi connectivity index (χ4n) is 2.87. The van der Waals surface area contributed by atoms with E-state index in [9.17, 15) is 9.18 Å². The average Bonchev–Trinajstić information content (AvgIpc) is 2.97. The van der Waals surface area contributed by atoms with Crippen molar-refractivity contribution in [1.29, 1.82) is 0 Å². The molecule has 0 bridgehead atoms. The van der Waals surface area contributed by atoms with Crippen molar-refractivity contribution in [1.82, 2.24) is 5.32 Å². The zero-order valence-corrected chi connectivity index (χ0v) is 11.9. The summed E-state index contributed by atoms with van der Waals surface area (Å²) in [7, 11) is 0. The van der Waals surface area contributed by atoms with Gasteiger partial charge in [-0.2, -0.15) is 0 Å². The van der Waals surface area contributed by atoms with Crippen LogP contribution in [0.4, 0.5) is 4.39 Å². The first-order valence-corrected chi connectivity index (χ1v) is 7.37. The van der Waals surface area contributed by atoms with E-state index in [0.717, 1.165) is 18.4 Å². The van der Waals surface area contributed by atoms with Gasteiger partial charge in [-0.1, -0.05) is 31.9 Å². The van der Waals surface area contributed by atoms with E-state index < -0.39 is 0 Å². The van der Waals surface area contributed by atoms with Gasteiger partial charge in [0.05, 0.1) is 6.04 Å². The van der Waals surface area contributed by atoms with Crippen molar-refractivity contribution < 1.29 is 9.18 Å². The summed E-state index contributed by atoms with van der Waals surface area (Å²) in [6.45, 7) is 2.14. The summed E-state index contributed by atoms with van der Waals surface area (Å²) in [6.07, 6.45) is 4.52. The third-order valence-corrected chi connectivity index (χ3v) is 4.18. The van der Waals surface area contributed by atoms with Gasteiger partial charge in [0.1, 0.15) is 5.82 Å². The second-order valence-electron chi connectivity index (χ2n) is 5.72. The number of benzene rings is 1. The van der Waals surface area contributed by atoms with Gasteiger partial charge in [-0.15, -0.1) is 0 Å². The lowest BCUT2D eigenvalue weighted by molar-refractivity contribution is -0.125. The van der Waals surface area contributed by atoms with Crippen molar-refractivity contribution in [2.24, 2.45) is 17.6 Å². The summed E-state index contributed by atoms with van der Waals surface area (Å²) in [6, 6.07) is 6.44. The molecule has 1 amide bonds. The molecule has 2 rings (SSSR count). The molecule has 2 atom stereocenters. The zero-order valence-electron chi connectivity index (χ0n) is 11.9. The molecule has 4 heteroatoms. The van der Waals surface area contributed by atoms with E-state index in [2.05, 4.69) is 5.32 Å². The topological polar surface area (TPSA) is 55.1 Å². The molecule has 0 radical (unpaired) electrons. The molecule has 0 saturated heterocycles. The van der Waals surface area contributed by atoms with Gasteiger partial charge in [0.25, 0.3) is 0 Å². The number of halogens is 1. The zero-order chi connectivity index (χ0) is 14.5. The molecule has 0 aromatic heterocycles. The van der Waals surface area contributed by atoms with E-state index in [-0.39, 0.29) is 23.7 Å². The van der Waals surface area contributed by atoms with Crippen molar-refractivity contribution in [3.8, 4) is 0 Å². The molecule has 1 aliphatic rings. The fraction of sp³-hybridized carbons (Fsp3) is 0.562. The quantitative estimate of drug-likeness (QED) is 0.870. The highest BCUT2D eigenvalue weighted by Crippen LogP contribution is 2.36. The average molecular weight is 278 g/mol. The van der Waals surface area contributed by atoms with Crippen LogP contribution in [-0.2, 0) is 4.79 Å². The van der Waals surface area contributed by atoms with E-state index in [1.165, 1.54) is 25.0 Å². The van der Waals surface area contributed by atoms with Crippen molar-refractivity contribution in [3.05, 3.63) is 35.6 Å². The molecule has 1 fully saturated rings. The Bertz CT molecular complexity index is 458. The van der Waals surface area contributed by atoms with E-state index in [1.54, 1.807) is 6.07 Å². The molecule has 3 nitrogen and oxygen atoms in total. The Labute approximate surface area is 119 Å². The molecule has 1 aliphatic carbocycles. The first-order valence-electron chi connectivity index (χ1n) is 7.37. The van der Waals surface area contributed by atoms with Gasteiger partial charge in [-0.3, -0.25) is 4.79 Å². The van der Waals surface area contributed by atoms with Crippen molar-refractivity contribution in [2.45, 2.75) is 38.6 Å². The number of hydrogen-bond donors (Lipinski definition) is 2. The summed E-state index contributed by atoms with van der Waals surface area (Å²) in [5.74, 6) is -0.126. The summed E-state index contributed by atoms with van der Waals surface area (Å²) in [5.41, 5.74) is 6.40. The molecule has 0 spiro atoms. The Morgan fingerprint density at radius 3 is 2.75 bits per heavy atom. The van der Waals surface area contributed by atoms with Crippen molar-refractivity contribution in [3.63, 3.8) is 0 Å². The van der Waals surface area contributed by atoms with Crippen LogP contribution in [0.1, 0.15) is 44.2 Å². The highest BCUT2D eigenvalue weighted by Gasteiger charge is 2.28. The van der Waals surface area contributed by atoms with E-state index in [4.69, 9.17) is 5.73 Å². The minimum Gasteiger partial charge on any atom is -0.349 e. The van der Waals surface area contributed by atoms with Crippen LogP contribution in [0.25, 0.3) is 0 Å². The number of carbonyl (C=O) groups is 1. The van der Waals surface area contributed by atoms with Crippen LogP contribution in [0.5, 0.6) is 0 Å². The molecule has 3 N–H and O–H groups in total. The standard InChI is InChI=1S/C16H23FN2O/c1-11(10-18)16(20)19-15(12-5-2-3-6-12)13-7-4-8-14(17)9-13/h4,7-9,11-12,15H,2-3,5-6,10,18H2,1H3,(H,19,20). The number of rotatable bonds is 5. The lowest BCUT2D eigenvalue weighted by atomic mass is 9.91. The Hall–Kier alpha value is -1.42. The molecule has 1 aromatic carbocycles. The molecule has 2 unspecified atom stereocenters. The van der Waals surface area contributed by atoms with Gasteiger partial charge in [0.2, 0.25) is 5.91 Å². The summed E-state index contributed by atoms with van der Waals surface area (Å²) in [5, 5.41) is 3.07. The number of amides is 1. The molecule has 1 saturated carbocycles. The molecule has 110 valence electrons. The van der Waals surface area contributed by atoms with E-state index >= 15 is 0 Å². The fourth-order valence-corrected chi connectivity index (χ4v) is 2.87. The third-order valence-electron chi connectivity index (χ3n) is 4.18. The van der Waals surface area contributed by atoms with Crippen LogP contribution in [-0.4, -0.2) is 12.5 Å². The van der Waals surface area contributed by atoms with Crippen molar-refractivity contribution in [2.75, 3.05) is 6.54 Å². The number of hydrogen-bond acceptors (Lipinski definition) is 2. The van der Waals surface area contributed by atoms with Gasteiger partial charge in [0, 0.05) is 12.5 Å². The Morgan fingerprint density at radius 2 is 2.15 bits per heavy atom. The van der Waals surface area contributed by atoms with Crippen LogP contribution in [0.15, 0.2) is 24.3 Å². The maximum Gasteiger partial charge on any atom is 0.224 e. The van der Waals surface area contributed by atoms with E-state index in [1.807, 2.05) is 13.0 Å².